The molecule has 0 aromatic carbocycles. The molecule has 0 aliphatic heterocycles. The minimum absolute atomic E-state index is 0.0828. The molecular weight excluding hydrogens is 324 g/mol. The third-order valence-electron chi connectivity index (χ3n) is 4.60. The number of furan rings is 2. The highest BCUT2D eigenvalue weighted by Crippen LogP contribution is 2.30. The van der Waals surface area contributed by atoms with Crippen LogP contribution in [-0.4, -0.2) is 22.7 Å². The van der Waals surface area contributed by atoms with E-state index in [4.69, 9.17) is 13.4 Å². The summed E-state index contributed by atoms with van der Waals surface area (Å²) in [6.07, 6.45) is 8.00. The molecule has 2 N–H and O–H groups in total. The average Bonchev–Trinajstić information content (AvgIpc) is 3.40. The summed E-state index contributed by atoms with van der Waals surface area (Å²) in [5.74, 6) is 0.726. The maximum absolute atomic E-state index is 12.6. The molecular formula is C18H18N2O5. The van der Waals surface area contributed by atoms with Gasteiger partial charge in [0.1, 0.15) is 11.5 Å². The van der Waals surface area contributed by atoms with Crippen molar-refractivity contribution in [3.05, 3.63) is 65.3 Å². The highest BCUT2D eigenvalue weighted by Gasteiger charge is 2.37. The largest absolute Gasteiger partial charge is 0.472 e. The van der Waals surface area contributed by atoms with Crippen molar-refractivity contribution in [3.63, 3.8) is 0 Å². The molecule has 1 aliphatic carbocycles. The Morgan fingerprint density at radius 3 is 2.92 bits per heavy atom. The standard InChI is InChI=1S/C18H18N2O5/c21-17(16-13-4-1-2-5-14(13)25-20-16)19-11-18(22,12-7-9-23-10-12)15-6-3-8-24-15/h3,6-10,22H,1-2,4-5,11H2,(H,19,21). The molecule has 0 radical (unpaired) electrons. The molecule has 0 spiro atoms. The Kier molecular flexibility index (Phi) is 3.93. The highest BCUT2D eigenvalue weighted by molar-refractivity contribution is 5.93. The molecule has 1 aliphatic rings. The van der Waals surface area contributed by atoms with E-state index in [0.717, 1.165) is 37.0 Å². The zero-order valence-corrected chi connectivity index (χ0v) is 13.5. The lowest BCUT2D eigenvalue weighted by molar-refractivity contribution is 0.0517. The van der Waals surface area contributed by atoms with Crippen LogP contribution in [0.5, 0.6) is 0 Å². The second-order valence-corrected chi connectivity index (χ2v) is 6.17. The third-order valence-corrected chi connectivity index (χ3v) is 4.60. The van der Waals surface area contributed by atoms with E-state index in [-0.39, 0.29) is 12.5 Å². The summed E-state index contributed by atoms with van der Waals surface area (Å²) in [5, 5.41) is 17.8. The van der Waals surface area contributed by atoms with E-state index in [2.05, 4.69) is 10.5 Å². The Labute approximate surface area is 143 Å². The fraction of sp³-hybridized carbons (Fsp3) is 0.333. The van der Waals surface area contributed by atoms with E-state index < -0.39 is 5.60 Å². The van der Waals surface area contributed by atoms with Crippen molar-refractivity contribution in [2.45, 2.75) is 31.3 Å². The molecule has 3 aromatic heterocycles. The van der Waals surface area contributed by atoms with Crippen molar-refractivity contribution in [2.75, 3.05) is 6.54 Å². The SMILES string of the molecule is O=C(NCC(O)(c1ccoc1)c1ccco1)c1noc2c1CCCC2. The number of nitrogens with one attached hydrogen (secondary N) is 1. The molecule has 1 unspecified atom stereocenters. The Balaban J connectivity index is 1.56. The monoisotopic (exact) mass is 342 g/mol. The van der Waals surface area contributed by atoms with E-state index in [1.807, 2.05) is 0 Å². The van der Waals surface area contributed by atoms with Gasteiger partial charge in [-0.2, -0.15) is 0 Å². The number of nitrogens with zero attached hydrogens (tertiary/aromatic N) is 1. The first-order chi connectivity index (χ1) is 12.2. The number of amides is 1. The van der Waals surface area contributed by atoms with Crippen LogP contribution >= 0.6 is 0 Å². The van der Waals surface area contributed by atoms with Crippen molar-refractivity contribution in [1.29, 1.82) is 0 Å². The first kappa shape index (κ1) is 15.7. The predicted molar refractivity (Wildman–Crippen MR) is 85.9 cm³/mol. The van der Waals surface area contributed by atoms with Crippen LogP contribution in [0.2, 0.25) is 0 Å². The molecule has 3 aromatic rings. The third kappa shape index (κ3) is 2.76. The lowest BCUT2D eigenvalue weighted by Crippen LogP contribution is -2.41. The molecule has 0 saturated heterocycles. The number of rotatable bonds is 5. The van der Waals surface area contributed by atoms with Gasteiger partial charge in [-0.25, -0.2) is 0 Å². The molecule has 1 amide bonds. The van der Waals surface area contributed by atoms with Gasteiger partial charge in [0.15, 0.2) is 11.3 Å². The van der Waals surface area contributed by atoms with E-state index in [1.165, 1.54) is 18.8 Å². The normalized spacial score (nSPS) is 16.2. The topological polar surface area (TPSA) is 102 Å². The zero-order chi connectivity index (χ0) is 17.3. The molecule has 4 rings (SSSR count). The summed E-state index contributed by atoms with van der Waals surface area (Å²) in [7, 11) is 0. The Morgan fingerprint density at radius 1 is 1.28 bits per heavy atom. The molecule has 0 fully saturated rings. The average molecular weight is 342 g/mol. The van der Waals surface area contributed by atoms with Crippen molar-refractivity contribution >= 4 is 5.91 Å². The van der Waals surface area contributed by atoms with Gasteiger partial charge in [0.25, 0.3) is 5.91 Å². The highest BCUT2D eigenvalue weighted by atomic mass is 16.5. The van der Waals surface area contributed by atoms with Crippen LogP contribution in [0.1, 0.15) is 46.0 Å². The van der Waals surface area contributed by atoms with Crippen LogP contribution in [-0.2, 0) is 18.4 Å². The van der Waals surface area contributed by atoms with Crippen LogP contribution in [0.4, 0.5) is 0 Å². The van der Waals surface area contributed by atoms with Gasteiger partial charge in [-0.05, 0) is 37.5 Å². The summed E-state index contributed by atoms with van der Waals surface area (Å²) in [4.78, 5) is 12.6. The first-order valence-electron chi connectivity index (χ1n) is 8.23. The first-order valence-corrected chi connectivity index (χ1v) is 8.23. The van der Waals surface area contributed by atoms with Gasteiger partial charge in [0.2, 0.25) is 0 Å². The predicted octanol–water partition coefficient (Wildman–Crippen LogP) is 2.41. The summed E-state index contributed by atoms with van der Waals surface area (Å²) in [6.45, 7) is -0.0828. The minimum atomic E-state index is -1.53. The van der Waals surface area contributed by atoms with Crippen molar-refractivity contribution in [2.24, 2.45) is 0 Å². The van der Waals surface area contributed by atoms with E-state index in [1.54, 1.807) is 18.2 Å². The van der Waals surface area contributed by atoms with Gasteiger partial charge in [-0.15, -0.1) is 0 Å². The van der Waals surface area contributed by atoms with E-state index in [0.29, 0.717) is 17.0 Å². The fourth-order valence-corrected chi connectivity index (χ4v) is 3.20. The van der Waals surface area contributed by atoms with Crippen molar-refractivity contribution in [1.82, 2.24) is 10.5 Å². The molecule has 7 heteroatoms. The number of hydrogen-bond acceptors (Lipinski definition) is 6. The van der Waals surface area contributed by atoms with Gasteiger partial charge in [0, 0.05) is 17.5 Å². The Morgan fingerprint density at radius 2 is 2.16 bits per heavy atom. The lowest BCUT2D eigenvalue weighted by atomic mass is 9.93. The van der Waals surface area contributed by atoms with Gasteiger partial charge in [0.05, 0.1) is 25.3 Å². The van der Waals surface area contributed by atoms with Crippen LogP contribution in [0.25, 0.3) is 0 Å². The van der Waals surface area contributed by atoms with Crippen LogP contribution in [0.15, 0.2) is 50.3 Å². The number of aryl methyl sites for hydroxylation is 1. The van der Waals surface area contributed by atoms with Crippen LogP contribution in [0, 0.1) is 0 Å². The van der Waals surface area contributed by atoms with Crippen molar-refractivity contribution < 1.29 is 23.3 Å². The number of fused-ring (bicyclic) bond motifs is 1. The van der Waals surface area contributed by atoms with E-state index in [9.17, 15) is 9.90 Å². The zero-order valence-electron chi connectivity index (χ0n) is 13.5. The quantitative estimate of drug-likeness (QED) is 0.738. The molecule has 3 heterocycles. The Bertz CT molecular complexity index is 814. The molecule has 25 heavy (non-hydrogen) atoms. The van der Waals surface area contributed by atoms with Gasteiger partial charge < -0.3 is 23.8 Å². The van der Waals surface area contributed by atoms with Crippen LogP contribution < -0.4 is 5.32 Å². The number of carbonyl (C=O) groups is 1. The smallest absolute Gasteiger partial charge is 0.273 e. The maximum Gasteiger partial charge on any atom is 0.273 e. The second-order valence-electron chi connectivity index (χ2n) is 6.17. The summed E-state index contributed by atoms with van der Waals surface area (Å²) in [5.41, 5.74) is 0.123. The molecule has 0 bridgehead atoms. The van der Waals surface area contributed by atoms with Gasteiger partial charge >= 0.3 is 0 Å². The fourth-order valence-electron chi connectivity index (χ4n) is 3.20. The molecule has 130 valence electrons. The summed E-state index contributed by atoms with van der Waals surface area (Å²) >= 11 is 0. The molecule has 1 atom stereocenters. The van der Waals surface area contributed by atoms with Crippen LogP contribution in [0.3, 0.4) is 0 Å². The number of aromatic nitrogens is 1. The second kappa shape index (κ2) is 6.25. The van der Waals surface area contributed by atoms with Gasteiger partial charge in [-0.1, -0.05) is 5.16 Å². The summed E-state index contributed by atoms with van der Waals surface area (Å²) < 4.78 is 15.7. The minimum Gasteiger partial charge on any atom is -0.472 e. The summed E-state index contributed by atoms with van der Waals surface area (Å²) in [6, 6.07) is 4.96. The number of aliphatic hydroxyl groups is 1. The Hall–Kier alpha value is -2.80. The molecule has 7 nitrogen and oxygen atoms in total. The number of hydrogen-bond donors (Lipinski definition) is 2. The van der Waals surface area contributed by atoms with E-state index >= 15 is 0 Å². The van der Waals surface area contributed by atoms with Crippen molar-refractivity contribution in [3.8, 4) is 0 Å². The lowest BCUT2D eigenvalue weighted by Gasteiger charge is -2.25. The molecule has 0 saturated carbocycles. The number of carbonyl (C=O) groups excluding carboxylic acids is 1. The maximum atomic E-state index is 12.6. The van der Waals surface area contributed by atoms with Gasteiger partial charge in [-0.3, -0.25) is 4.79 Å².